The molecule has 11 nitrogen and oxygen atoms in total. The Morgan fingerprint density at radius 3 is 2.15 bits per heavy atom. The van der Waals surface area contributed by atoms with E-state index in [1.165, 1.54) is 5.56 Å². The van der Waals surface area contributed by atoms with Crippen molar-refractivity contribution in [3.63, 3.8) is 0 Å². The van der Waals surface area contributed by atoms with E-state index in [1.54, 1.807) is 24.0 Å². The predicted octanol–water partition coefficient (Wildman–Crippen LogP) is 11.0. The van der Waals surface area contributed by atoms with Crippen LogP contribution < -0.4 is 28.9 Å². The van der Waals surface area contributed by atoms with Crippen molar-refractivity contribution in [2.24, 2.45) is 4.99 Å². The van der Waals surface area contributed by atoms with Crippen LogP contribution in [0.15, 0.2) is 96.0 Å². The Morgan fingerprint density at radius 1 is 0.750 bits per heavy atom. The summed E-state index contributed by atoms with van der Waals surface area (Å²) < 4.78 is 31.0. The van der Waals surface area contributed by atoms with E-state index in [-0.39, 0.29) is 35.3 Å². The summed E-state index contributed by atoms with van der Waals surface area (Å²) in [5, 5.41) is 0. The van der Waals surface area contributed by atoms with Crippen LogP contribution in [0.1, 0.15) is 87.7 Å². The number of nitrogens with zero attached hydrogens (tertiary/aromatic N) is 4. The molecular weight excluding hydrogens is 893 g/mol. The molecule has 4 heterocycles. The molecule has 0 fully saturated rings. The van der Waals surface area contributed by atoms with Gasteiger partial charge in [0.1, 0.15) is 19.0 Å². The zero-order chi connectivity index (χ0) is 47.4. The molecule has 0 saturated carbocycles. The predicted molar refractivity (Wildman–Crippen MR) is 277 cm³/mol. The molecule has 0 bridgehead atoms. The van der Waals surface area contributed by atoms with Gasteiger partial charge in [0.2, 0.25) is 0 Å². The van der Waals surface area contributed by atoms with E-state index in [0.29, 0.717) is 62.1 Å². The van der Waals surface area contributed by atoms with Gasteiger partial charge in [-0.2, -0.15) is 0 Å². The van der Waals surface area contributed by atoms with E-state index < -0.39 is 0 Å². The van der Waals surface area contributed by atoms with Crippen LogP contribution in [0.4, 0.5) is 22.7 Å². The van der Waals surface area contributed by atoms with Crippen molar-refractivity contribution < 1.29 is 33.3 Å². The minimum Gasteiger partial charge on any atom is -0.493 e. The number of methoxy groups -OCH3 is 1. The topological polar surface area (TPSA) is 102 Å². The Bertz CT molecular complexity index is 2690. The summed E-state index contributed by atoms with van der Waals surface area (Å²) in [7, 11) is 5.21. The molecule has 2 amide bonds. The van der Waals surface area contributed by atoms with E-state index in [4.69, 9.17) is 28.7 Å². The van der Waals surface area contributed by atoms with Crippen molar-refractivity contribution in [1.82, 2.24) is 0 Å². The first kappa shape index (κ1) is 47.6. The van der Waals surface area contributed by atoms with Crippen molar-refractivity contribution in [3.8, 4) is 17.2 Å². The maximum absolute atomic E-state index is 14.2. The van der Waals surface area contributed by atoms with Crippen molar-refractivity contribution in [2.45, 2.75) is 89.8 Å². The van der Waals surface area contributed by atoms with Crippen LogP contribution in [-0.4, -0.2) is 87.7 Å². The van der Waals surface area contributed by atoms with Crippen molar-refractivity contribution in [1.29, 1.82) is 0 Å². The van der Waals surface area contributed by atoms with Crippen LogP contribution in [0, 0.1) is 6.92 Å². The molecule has 0 spiro atoms. The molecule has 9 rings (SSSR count). The summed E-state index contributed by atoms with van der Waals surface area (Å²) in [5.74, 6) is 1.67. The van der Waals surface area contributed by atoms with Crippen LogP contribution in [0.25, 0.3) is 0 Å². The number of aliphatic imine (C=N–C) groups is 1. The zero-order valence-electron chi connectivity index (χ0n) is 40.0. The molecule has 356 valence electrons. The van der Waals surface area contributed by atoms with Gasteiger partial charge in [0.05, 0.1) is 44.2 Å². The molecule has 0 saturated heterocycles. The quantitative estimate of drug-likeness (QED) is 0.0553. The molecule has 13 heteroatoms. The van der Waals surface area contributed by atoms with Crippen molar-refractivity contribution >= 4 is 62.4 Å². The van der Waals surface area contributed by atoms with Crippen molar-refractivity contribution in [2.75, 3.05) is 67.6 Å². The third-order valence-electron chi connectivity index (χ3n) is 13.1. The molecule has 2 atom stereocenters. The molecule has 5 aromatic rings. The van der Waals surface area contributed by atoms with E-state index >= 15 is 0 Å². The van der Waals surface area contributed by atoms with Gasteiger partial charge in [-0.05, 0) is 135 Å². The van der Waals surface area contributed by atoms with Crippen LogP contribution in [0.2, 0.25) is 0 Å². The second kappa shape index (κ2) is 21.0. The summed E-state index contributed by atoms with van der Waals surface area (Å²) in [6.07, 6.45) is 8.25. The van der Waals surface area contributed by atoms with Gasteiger partial charge >= 0.3 is 0 Å². The molecule has 0 unspecified atom stereocenters. The summed E-state index contributed by atoms with van der Waals surface area (Å²) in [6.45, 7) is 13.0. The van der Waals surface area contributed by atoms with Crippen LogP contribution in [-0.2, 0) is 41.9 Å². The molecular formula is C55H62N4O7S2. The lowest BCUT2D eigenvalue weighted by molar-refractivity contribution is 0.0505. The Labute approximate surface area is 408 Å². The first-order valence-electron chi connectivity index (χ1n) is 23.8. The lowest BCUT2D eigenvalue weighted by atomic mass is 9.98. The summed E-state index contributed by atoms with van der Waals surface area (Å²) in [5.41, 5.74) is 11.0. The van der Waals surface area contributed by atoms with Crippen LogP contribution >= 0.6 is 21.6 Å². The molecule has 5 aromatic carbocycles. The summed E-state index contributed by atoms with van der Waals surface area (Å²) in [6, 6.07) is 30.5. The maximum Gasteiger partial charge on any atom is 0.261 e. The normalized spacial score (nSPS) is 16.9. The molecule has 0 aliphatic carbocycles. The number of amides is 2. The van der Waals surface area contributed by atoms with E-state index in [1.807, 2.05) is 70.1 Å². The van der Waals surface area contributed by atoms with E-state index in [2.05, 4.69) is 80.5 Å². The third kappa shape index (κ3) is 10.3. The Hall–Kier alpha value is -5.47. The van der Waals surface area contributed by atoms with Crippen molar-refractivity contribution in [3.05, 3.63) is 136 Å². The molecule has 68 heavy (non-hydrogen) atoms. The number of ether oxygens (including phenoxy) is 5. The Balaban J connectivity index is 0.995. The van der Waals surface area contributed by atoms with Gasteiger partial charge in [0, 0.05) is 71.8 Å². The highest BCUT2D eigenvalue weighted by molar-refractivity contribution is 8.77. The fourth-order valence-electron chi connectivity index (χ4n) is 9.97. The van der Waals surface area contributed by atoms with Crippen LogP contribution in [0.5, 0.6) is 17.2 Å². The number of hydrogen-bond donors (Lipinski definition) is 0. The minimum atomic E-state index is -0.166. The van der Waals surface area contributed by atoms with Crippen LogP contribution in [0.3, 0.4) is 0 Å². The largest absolute Gasteiger partial charge is 0.493 e. The van der Waals surface area contributed by atoms with Gasteiger partial charge < -0.3 is 33.5 Å². The smallest absolute Gasteiger partial charge is 0.261 e. The van der Waals surface area contributed by atoms with Gasteiger partial charge in [-0.3, -0.25) is 19.5 Å². The highest BCUT2D eigenvalue weighted by Crippen LogP contribution is 2.43. The van der Waals surface area contributed by atoms with Gasteiger partial charge in [0.15, 0.2) is 11.5 Å². The SMILES string of the molecule is CCCOCCOCCN(CC(C)(C)SSC)c1cc(COc2cc3c(cc2C)C(=O)N2c4ccccc4C[C@H]2CC3)cc(COc2cc3c(cc2OC)C(=O)N2c4ccccc4C[C@H]2C=N3)c1. The average molecular weight is 955 g/mol. The first-order chi connectivity index (χ1) is 33.0. The number of para-hydroxylation sites is 2. The molecule has 0 N–H and O–H groups in total. The highest BCUT2D eigenvalue weighted by atomic mass is 33.1. The lowest BCUT2D eigenvalue weighted by Crippen LogP contribution is -2.38. The highest BCUT2D eigenvalue weighted by Gasteiger charge is 2.38. The van der Waals surface area contributed by atoms with Gasteiger partial charge in [0.25, 0.3) is 11.8 Å². The second-order valence-corrected chi connectivity index (χ2v) is 21.7. The number of carbonyl (C=O) groups excluding carboxylic acids is 2. The summed E-state index contributed by atoms with van der Waals surface area (Å²) in [4.78, 5) is 39.4. The van der Waals surface area contributed by atoms with E-state index in [9.17, 15) is 9.59 Å². The average Bonchev–Trinajstić information content (AvgIpc) is 3.83. The second-order valence-electron chi connectivity index (χ2n) is 18.6. The lowest BCUT2D eigenvalue weighted by Gasteiger charge is -2.34. The molecule has 0 radical (unpaired) electrons. The maximum atomic E-state index is 14.2. The number of anilines is 3. The van der Waals surface area contributed by atoms with Gasteiger partial charge in [-0.15, -0.1) is 0 Å². The standard InChI is InChI=1S/C55H62N4O7S2/c1-7-19-63-21-22-64-20-18-57(35-55(3,4)68-67-6)43-25-37(33-65-50-29-39-16-17-42-27-40-12-8-10-14-48(40)58(42)53(60)45(39)23-36(50)2)24-38(26-43)34-66-52-31-47-46(30-51(52)62-5)54(61)59-44(32-56-47)28-41-13-9-11-15-49(41)59/h8-15,23-26,29-32,42,44H,7,16-22,27-28,33-35H2,1-6H3/t42-,44+/m1/s1. The Morgan fingerprint density at radius 2 is 1.43 bits per heavy atom. The number of hydrogen-bond acceptors (Lipinski definition) is 11. The fraction of sp³-hybridized carbons (Fsp3) is 0.400. The number of benzene rings is 5. The van der Waals surface area contributed by atoms with E-state index in [0.717, 1.165) is 95.0 Å². The zero-order valence-corrected chi connectivity index (χ0v) is 41.7. The number of fused-ring (bicyclic) bond motifs is 8. The third-order valence-corrected chi connectivity index (χ3v) is 15.7. The monoisotopic (exact) mass is 954 g/mol. The first-order valence-corrected chi connectivity index (χ1v) is 26.3. The number of aryl methyl sites for hydroxylation is 2. The molecule has 0 aromatic heterocycles. The summed E-state index contributed by atoms with van der Waals surface area (Å²) >= 11 is 0. The molecule has 4 aliphatic rings. The van der Waals surface area contributed by atoms with Gasteiger partial charge in [-0.25, -0.2) is 0 Å². The fourth-order valence-corrected chi connectivity index (χ4v) is 12.1. The molecule has 4 aliphatic heterocycles. The number of carbonyl (C=O) groups is 2. The Kier molecular flexibility index (Phi) is 14.7. The number of rotatable bonds is 20. The minimum absolute atomic E-state index is 0.0650. The van der Waals surface area contributed by atoms with Gasteiger partial charge in [-0.1, -0.05) is 64.9 Å².